The second-order valence-corrected chi connectivity index (χ2v) is 5.18. The molecule has 1 N–H and O–H groups in total. The van der Waals surface area contributed by atoms with E-state index in [1.807, 2.05) is 20.8 Å². The minimum Gasteiger partial charge on any atom is -0.444 e. The van der Waals surface area contributed by atoms with Crippen LogP contribution in [0.5, 0.6) is 0 Å². The average Bonchev–Trinajstić information content (AvgIpc) is 2.78. The number of oxazole rings is 1. The lowest BCUT2D eigenvalue weighted by atomic mass is 10.1. The first-order valence-corrected chi connectivity index (χ1v) is 7.05. The fourth-order valence-corrected chi connectivity index (χ4v) is 2.43. The number of aromatic nitrogens is 1. The molecule has 6 nitrogen and oxygen atoms in total. The van der Waals surface area contributed by atoms with Crippen LogP contribution in [-0.2, 0) is 9.59 Å². The molecule has 0 saturated carbocycles. The van der Waals surface area contributed by atoms with Crippen LogP contribution in [0.1, 0.15) is 50.8 Å². The molecular weight excluding hydrogens is 258 g/mol. The van der Waals surface area contributed by atoms with Crippen LogP contribution < -0.4 is 5.32 Å². The van der Waals surface area contributed by atoms with E-state index < -0.39 is 6.04 Å². The molecule has 1 aliphatic heterocycles. The van der Waals surface area contributed by atoms with E-state index in [0.29, 0.717) is 31.0 Å². The molecule has 2 rings (SSSR count). The van der Waals surface area contributed by atoms with Gasteiger partial charge in [0.2, 0.25) is 17.7 Å². The smallest absolute Gasteiger partial charge is 0.245 e. The number of nitrogens with zero attached hydrogens (tertiary/aromatic N) is 2. The monoisotopic (exact) mass is 279 g/mol. The van der Waals surface area contributed by atoms with Crippen molar-refractivity contribution in [2.45, 2.75) is 52.1 Å². The first-order chi connectivity index (χ1) is 9.52. The van der Waals surface area contributed by atoms with E-state index in [2.05, 4.69) is 10.3 Å². The zero-order chi connectivity index (χ0) is 14.7. The Kier molecular flexibility index (Phi) is 4.42. The van der Waals surface area contributed by atoms with Crippen molar-refractivity contribution in [1.29, 1.82) is 0 Å². The molecule has 2 amide bonds. The van der Waals surface area contributed by atoms with Crippen LogP contribution in [0.3, 0.4) is 0 Å². The third kappa shape index (κ3) is 3.00. The van der Waals surface area contributed by atoms with Crippen molar-refractivity contribution in [1.82, 2.24) is 15.2 Å². The Morgan fingerprint density at radius 1 is 1.55 bits per heavy atom. The molecule has 1 aromatic rings. The summed E-state index contributed by atoms with van der Waals surface area (Å²) in [5.74, 6) is 1.10. The zero-order valence-corrected chi connectivity index (χ0v) is 12.2. The molecule has 20 heavy (non-hydrogen) atoms. The Balaban J connectivity index is 2.20. The van der Waals surface area contributed by atoms with Gasteiger partial charge in [0.15, 0.2) is 0 Å². The lowest BCUT2D eigenvalue weighted by Gasteiger charge is -2.28. The topological polar surface area (TPSA) is 75.4 Å². The molecular formula is C14H21N3O3. The summed E-state index contributed by atoms with van der Waals surface area (Å²) < 4.78 is 5.50. The number of carbonyl (C=O) groups excluding carboxylic acids is 2. The first kappa shape index (κ1) is 14.6. The Labute approximate surface area is 118 Å². The predicted octanol–water partition coefficient (Wildman–Crippen LogP) is 1.56. The summed E-state index contributed by atoms with van der Waals surface area (Å²) in [5.41, 5.74) is 0. The van der Waals surface area contributed by atoms with Gasteiger partial charge in [-0.2, -0.15) is 0 Å². The second kappa shape index (κ2) is 6.07. The van der Waals surface area contributed by atoms with Gasteiger partial charge in [-0.3, -0.25) is 9.59 Å². The van der Waals surface area contributed by atoms with E-state index in [0.717, 1.165) is 6.42 Å². The van der Waals surface area contributed by atoms with Gasteiger partial charge in [0.05, 0.1) is 6.20 Å². The van der Waals surface area contributed by atoms with E-state index in [9.17, 15) is 9.59 Å². The molecule has 1 fully saturated rings. The Morgan fingerprint density at radius 3 is 2.90 bits per heavy atom. The maximum atomic E-state index is 12.5. The third-order valence-corrected chi connectivity index (χ3v) is 3.54. The Morgan fingerprint density at radius 2 is 2.30 bits per heavy atom. The molecule has 1 aromatic heterocycles. The number of aryl methyl sites for hydroxylation is 1. The maximum absolute atomic E-state index is 12.5. The number of amides is 2. The van der Waals surface area contributed by atoms with Crippen LogP contribution in [0, 0.1) is 6.92 Å². The fraction of sp³-hybridized carbons (Fsp3) is 0.643. The summed E-state index contributed by atoms with van der Waals surface area (Å²) in [6, 6.07) is -0.697. The number of nitrogens with one attached hydrogen (secondary N) is 1. The molecule has 0 spiro atoms. The molecule has 2 unspecified atom stereocenters. The molecule has 0 aromatic carbocycles. The minimum absolute atomic E-state index is 0.0546. The minimum atomic E-state index is -0.437. The third-order valence-electron chi connectivity index (χ3n) is 3.54. The van der Waals surface area contributed by atoms with Gasteiger partial charge in [-0.15, -0.1) is 0 Å². The quantitative estimate of drug-likeness (QED) is 0.907. The largest absolute Gasteiger partial charge is 0.444 e. The molecule has 0 aliphatic carbocycles. The fourth-order valence-electron chi connectivity index (χ4n) is 2.43. The van der Waals surface area contributed by atoms with Crippen LogP contribution in [-0.4, -0.2) is 34.3 Å². The van der Waals surface area contributed by atoms with Crippen molar-refractivity contribution in [3.05, 3.63) is 17.8 Å². The predicted molar refractivity (Wildman–Crippen MR) is 72.8 cm³/mol. The summed E-state index contributed by atoms with van der Waals surface area (Å²) in [6.07, 6.45) is 3.45. The molecule has 1 aliphatic rings. The highest BCUT2D eigenvalue weighted by Crippen LogP contribution is 2.23. The van der Waals surface area contributed by atoms with Crippen LogP contribution in [0.15, 0.2) is 10.6 Å². The van der Waals surface area contributed by atoms with Crippen molar-refractivity contribution in [2.24, 2.45) is 0 Å². The molecule has 2 heterocycles. The van der Waals surface area contributed by atoms with Crippen LogP contribution >= 0.6 is 0 Å². The van der Waals surface area contributed by atoms with Gasteiger partial charge in [0.25, 0.3) is 0 Å². The first-order valence-electron chi connectivity index (χ1n) is 7.05. The van der Waals surface area contributed by atoms with E-state index in [4.69, 9.17) is 4.42 Å². The van der Waals surface area contributed by atoms with Crippen molar-refractivity contribution in [3.63, 3.8) is 0 Å². The van der Waals surface area contributed by atoms with Crippen LogP contribution in [0.25, 0.3) is 0 Å². The summed E-state index contributed by atoms with van der Waals surface area (Å²) >= 11 is 0. The Hall–Kier alpha value is -1.85. The van der Waals surface area contributed by atoms with Gasteiger partial charge in [-0.05, 0) is 20.3 Å². The van der Waals surface area contributed by atoms with E-state index in [1.54, 1.807) is 11.1 Å². The molecule has 0 bridgehead atoms. The van der Waals surface area contributed by atoms with Gasteiger partial charge in [-0.1, -0.05) is 13.3 Å². The summed E-state index contributed by atoms with van der Waals surface area (Å²) in [7, 11) is 0. The van der Waals surface area contributed by atoms with Crippen molar-refractivity contribution in [2.75, 3.05) is 6.54 Å². The summed E-state index contributed by atoms with van der Waals surface area (Å²) in [4.78, 5) is 30.1. The van der Waals surface area contributed by atoms with Crippen molar-refractivity contribution >= 4 is 11.8 Å². The lowest BCUT2D eigenvalue weighted by Crippen LogP contribution is -2.45. The van der Waals surface area contributed by atoms with Gasteiger partial charge in [0, 0.05) is 13.0 Å². The summed E-state index contributed by atoms with van der Waals surface area (Å²) in [6.45, 7) is 6.09. The highest BCUT2D eigenvalue weighted by atomic mass is 16.4. The molecule has 1 saturated heterocycles. The van der Waals surface area contributed by atoms with Gasteiger partial charge in [0.1, 0.15) is 17.8 Å². The normalized spacial score (nSPS) is 21.6. The van der Waals surface area contributed by atoms with E-state index >= 15 is 0 Å². The highest BCUT2D eigenvalue weighted by molar-refractivity contribution is 5.90. The van der Waals surface area contributed by atoms with Crippen LogP contribution in [0.4, 0.5) is 0 Å². The maximum Gasteiger partial charge on any atom is 0.245 e. The molecule has 2 atom stereocenters. The van der Waals surface area contributed by atoms with E-state index in [-0.39, 0.29) is 17.9 Å². The van der Waals surface area contributed by atoms with E-state index in [1.165, 1.54) is 0 Å². The van der Waals surface area contributed by atoms with Gasteiger partial charge >= 0.3 is 0 Å². The molecule has 0 radical (unpaired) electrons. The SMILES string of the molecule is CCCC1NC(=O)CCN(C(C)c2ncc(C)o2)C1=O. The van der Waals surface area contributed by atoms with Gasteiger partial charge in [-0.25, -0.2) is 4.98 Å². The number of carbonyl (C=O) groups is 2. The van der Waals surface area contributed by atoms with Crippen molar-refractivity contribution in [3.8, 4) is 0 Å². The number of hydrogen-bond donors (Lipinski definition) is 1. The second-order valence-electron chi connectivity index (χ2n) is 5.18. The summed E-state index contributed by atoms with van der Waals surface area (Å²) in [5, 5.41) is 2.79. The number of hydrogen-bond acceptors (Lipinski definition) is 4. The lowest BCUT2D eigenvalue weighted by molar-refractivity contribution is -0.136. The Bertz CT molecular complexity index is 498. The number of rotatable bonds is 4. The highest BCUT2D eigenvalue weighted by Gasteiger charge is 2.33. The zero-order valence-electron chi connectivity index (χ0n) is 12.2. The van der Waals surface area contributed by atoms with Crippen LogP contribution in [0.2, 0.25) is 0 Å². The standard InChI is InChI=1S/C14H21N3O3/c1-4-5-11-14(19)17(7-6-12(18)16-11)10(3)13-15-8-9(2)20-13/h8,10-11H,4-7H2,1-3H3,(H,16,18). The average molecular weight is 279 g/mol. The molecule has 6 heteroatoms. The van der Waals surface area contributed by atoms with Gasteiger partial charge < -0.3 is 14.6 Å². The molecule has 110 valence electrons. The van der Waals surface area contributed by atoms with Crippen molar-refractivity contribution < 1.29 is 14.0 Å².